The van der Waals surface area contributed by atoms with Crippen molar-refractivity contribution in [1.29, 1.82) is 0 Å². The number of amides is 1. The number of benzene rings is 1. The summed E-state index contributed by atoms with van der Waals surface area (Å²) in [5, 5.41) is 11.5. The van der Waals surface area contributed by atoms with Gasteiger partial charge in [0.05, 0.1) is 34.6 Å². The fourth-order valence-electron chi connectivity index (χ4n) is 4.90. The Bertz CT molecular complexity index is 1200. The van der Waals surface area contributed by atoms with Gasteiger partial charge in [-0.25, -0.2) is 4.98 Å². The molecule has 7 nitrogen and oxygen atoms in total. The molecule has 1 N–H and O–H groups in total. The number of aryl methyl sites for hydroxylation is 1. The van der Waals surface area contributed by atoms with Gasteiger partial charge in [-0.1, -0.05) is 23.7 Å². The predicted molar refractivity (Wildman–Crippen MR) is 115 cm³/mol. The van der Waals surface area contributed by atoms with Crippen molar-refractivity contribution in [3.8, 4) is 5.69 Å². The zero-order valence-electron chi connectivity index (χ0n) is 17.6. The van der Waals surface area contributed by atoms with Gasteiger partial charge in [0.25, 0.3) is 5.91 Å². The third-order valence-electron chi connectivity index (χ3n) is 6.35. The molecule has 1 amide bonds. The standard InChI is InChI=1S/C22H20ClF3N6O/c1-12-3-2-4-15(19(12)32-28-7-8-29-32)21(33)31-14-5-6-18(31)17(10-14)30-20-16(23)9-13(11-27-20)22(24,25)26/h2-4,7-9,11,14,17-18H,5-6,10H2,1H3,(H,27,30)/t14-,17-,18+/m1/s1. The summed E-state index contributed by atoms with van der Waals surface area (Å²) in [4.78, 5) is 20.9. The molecule has 11 heteroatoms. The third-order valence-corrected chi connectivity index (χ3v) is 6.64. The Labute approximate surface area is 192 Å². The first-order chi connectivity index (χ1) is 15.7. The normalized spacial score (nSPS) is 22.1. The second kappa shape index (κ2) is 8.02. The van der Waals surface area contributed by atoms with Gasteiger partial charge in [-0.3, -0.25) is 4.79 Å². The van der Waals surface area contributed by atoms with Crippen LogP contribution in [0.1, 0.15) is 40.7 Å². The van der Waals surface area contributed by atoms with E-state index in [1.54, 1.807) is 18.5 Å². The Balaban J connectivity index is 1.40. The molecule has 0 unspecified atom stereocenters. The van der Waals surface area contributed by atoms with E-state index >= 15 is 0 Å². The number of alkyl halides is 3. The van der Waals surface area contributed by atoms with Crippen molar-refractivity contribution in [2.24, 2.45) is 0 Å². The van der Waals surface area contributed by atoms with E-state index in [0.29, 0.717) is 17.7 Å². The predicted octanol–water partition coefficient (Wildman–Crippen LogP) is 4.50. The summed E-state index contributed by atoms with van der Waals surface area (Å²) in [5.74, 6) is 0.0703. The lowest BCUT2D eigenvalue weighted by Gasteiger charge is -2.26. The quantitative estimate of drug-likeness (QED) is 0.600. The van der Waals surface area contributed by atoms with Gasteiger partial charge in [0.1, 0.15) is 11.5 Å². The average molecular weight is 477 g/mol. The zero-order chi connectivity index (χ0) is 23.3. The van der Waals surface area contributed by atoms with Crippen LogP contribution in [0.2, 0.25) is 5.02 Å². The number of para-hydroxylation sites is 1. The molecule has 172 valence electrons. The number of hydrogen-bond donors (Lipinski definition) is 1. The van der Waals surface area contributed by atoms with Crippen LogP contribution in [-0.4, -0.2) is 48.9 Å². The summed E-state index contributed by atoms with van der Waals surface area (Å²) in [5.41, 5.74) is 1.12. The minimum absolute atomic E-state index is 0.0205. The van der Waals surface area contributed by atoms with Gasteiger partial charge in [0.15, 0.2) is 0 Å². The lowest BCUT2D eigenvalue weighted by atomic mass is 9.95. The molecule has 2 fully saturated rings. The number of halogens is 4. The SMILES string of the molecule is Cc1cccc(C(=O)N2[C@@H]3CC[C@H]2[C@H](Nc2ncc(C(F)(F)F)cc2Cl)C3)c1-n1nccn1. The third kappa shape index (κ3) is 3.82. The number of hydrogen-bond acceptors (Lipinski definition) is 5. The van der Waals surface area contributed by atoms with Crippen LogP contribution in [0.3, 0.4) is 0 Å². The average Bonchev–Trinajstić information content (AvgIpc) is 3.50. The molecule has 0 aliphatic carbocycles. The van der Waals surface area contributed by atoms with Crippen molar-refractivity contribution in [2.75, 3.05) is 5.32 Å². The maximum absolute atomic E-state index is 13.7. The number of fused-ring (bicyclic) bond motifs is 2. The monoisotopic (exact) mass is 476 g/mol. The van der Waals surface area contributed by atoms with Crippen molar-refractivity contribution in [1.82, 2.24) is 24.9 Å². The first-order valence-corrected chi connectivity index (χ1v) is 10.9. The number of aromatic nitrogens is 4. The molecule has 33 heavy (non-hydrogen) atoms. The molecular weight excluding hydrogens is 457 g/mol. The maximum atomic E-state index is 13.7. The molecule has 4 heterocycles. The van der Waals surface area contributed by atoms with Crippen molar-refractivity contribution < 1.29 is 18.0 Å². The molecule has 5 rings (SSSR count). The van der Waals surface area contributed by atoms with E-state index in [1.807, 2.05) is 24.0 Å². The lowest BCUT2D eigenvalue weighted by Crippen LogP contribution is -2.40. The molecular formula is C22H20ClF3N6O. The topological polar surface area (TPSA) is 75.9 Å². The highest BCUT2D eigenvalue weighted by Crippen LogP contribution is 2.41. The number of rotatable bonds is 4. The number of nitrogens with one attached hydrogen (secondary N) is 1. The fourth-order valence-corrected chi connectivity index (χ4v) is 5.12. The molecule has 0 saturated carbocycles. The van der Waals surface area contributed by atoms with Crippen molar-refractivity contribution >= 4 is 23.3 Å². The summed E-state index contributed by atoms with van der Waals surface area (Å²) in [6.45, 7) is 1.90. The van der Waals surface area contributed by atoms with Crippen molar-refractivity contribution in [3.63, 3.8) is 0 Å². The molecule has 1 aromatic carbocycles. The zero-order valence-corrected chi connectivity index (χ0v) is 18.3. The smallest absolute Gasteiger partial charge is 0.364 e. The molecule has 2 bridgehead atoms. The van der Waals surface area contributed by atoms with E-state index in [-0.39, 0.29) is 34.9 Å². The number of carbonyl (C=O) groups is 1. The van der Waals surface area contributed by atoms with Gasteiger partial charge >= 0.3 is 6.18 Å². The Morgan fingerprint density at radius 2 is 1.97 bits per heavy atom. The number of anilines is 1. The largest absolute Gasteiger partial charge is 0.417 e. The van der Waals surface area contributed by atoms with Crippen molar-refractivity contribution in [3.05, 3.63) is 64.6 Å². The van der Waals surface area contributed by atoms with Crippen LogP contribution in [-0.2, 0) is 6.18 Å². The summed E-state index contributed by atoms with van der Waals surface area (Å²) in [6, 6.07) is 6.09. The Kier molecular flexibility index (Phi) is 5.27. The maximum Gasteiger partial charge on any atom is 0.417 e. The van der Waals surface area contributed by atoms with Crippen molar-refractivity contribution in [2.45, 2.75) is 50.5 Å². The van der Waals surface area contributed by atoms with Crippen LogP contribution in [0.15, 0.2) is 42.9 Å². The van der Waals surface area contributed by atoms with Crippen LogP contribution < -0.4 is 5.32 Å². The van der Waals surface area contributed by atoms with E-state index in [2.05, 4.69) is 20.5 Å². The highest BCUT2D eigenvalue weighted by molar-refractivity contribution is 6.33. The van der Waals surface area contributed by atoms with Crippen LogP contribution >= 0.6 is 11.6 Å². The molecule has 2 saturated heterocycles. The van der Waals surface area contributed by atoms with Gasteiger partial charge in [-0.2, -0.15) is 28.2 Å². The van der Waals surface area contributed by atoms with Gasteiger partial charge in [-0.05, 0) is 43.9 Å². The highest BCUT2D eigenvalue weighted by atomic mass is 35.5. The van der Waals surface area contributed by atoms with E-state index in [9.17, 15) is 18.0 Å². The molecule has 2 aliphatic rings. The summed E-state index contributed by atoms with van der Waals surface area (Å²) in [7, 11) is 0. The Morgan fingerprint density at radius 1 is 1.21 bits per heavy atom. The molecule has 0 radical (unpaired) electrons. The Morgan fingerprint density at radius 3 is 2.67 bits per heavy atom. The van der Waals surface area contributed by atoms with E-state index in [0.717, 1.165) is 30.7 Å². The van der Waals surface area contributed by atoms with Gasteiger partial charge < -0.3 is 10.2 Å². The number of carbonyl (C=O) groups excluding carboxylic acids is 1. The first-order valence-electron chi connectivity index (χ1n) is 10.5. The van der Waals surface area contributed by atoms with E-state index < -0.39 is 11.7 Å². The highest BCUT2D eigenvalue weighted by Gasteiger charge is 2.49. The minimum Gasteiger partial charge on any atom is -0.364 e. The van der Waals surface area contributed by atoms with Crippen LogP contribution in [0.5, 0.6) is 0 Å². The molecule has 3 atom stereocenters. The summed E-state index contributed by atoms with van der Waals surface area (Å²) < 4.78 is 38.8. The number of pyridine rings is 1. The van der Waals surface area contributed by atoms with Crippen LogP contribution in [0.25, 0.3) is 5.69 Å². The fraction of sp³-hybridized carbons (Fsp3) is 0.364. The second-order valence-electron chi connectivity index (χ2n) is 8.34. The first kappa shape index (κ1) is 21.7. The lowest BCUT2D eigenvalue weighted by molar-refractivity contribution is -0.137. The number of nitrogens with zero attached hydrogens (tertiary/aromatic N) is 5. The van der Waals surface area contributed by atoms with Gasteiger partial charge in [0.2, 0.25) is 0 Å². The molecule has 3 aromatic rings. The second-order valence-corrected chi connectivity index (χ2v) is 8.75. The minimum atomic E-state index is -4.51. The summed E-state index contributed by atoms with van der Waals surface area (Å²) >= 11 is 6.08. The molecule has 0 spiro atoms. The summed E-state index contributed by atoms with van der Waals surface area (Å²) in [6.07, 6.45) is 1.68. The Hall–Kier alpha value is -3.14. The molecule has 2 aliphatic heterocycles. The van der Waals surface area contributed by atoms with Crippen LogP contribution in [0, 0.1) is 6.92 Å². The van der Waals surface area contributed by atoms with Gasteiger partial charge in [-0.15, -0.1) is 0 Å². The van der Waals surface area contributed by atoms with Crippen LogP contribution in [0.4, 0.5) is 19.0 Å². The molecule has 2 aromatic heterocycles. The van der Waals surface area contributed by atoms with E-state index in [1.165, 1.54) is 4.80 Å². The van der Waals surface area contributed by atoms with E-state index in [4.69, 9.17) is 11.6 Å². The van der Waals surface area contributed by atoms with Gasteiger partial charge in [0, 0.05) is 18.3 Å².